The Kier molecular flexibility index (Phi) is 3.38. The van der Waals surface area contributed by atoms with Gasteiger partial charge in [-0.05, 0) is 37.6 Å². The summed E-state index contributed by atoms with van der Waals surface area (Å²) in [6.07, 6.45) is 1.05. The molecule has 0 saturated heterocycles. The van der Waals surface area contributed by atoms with Crippen LogP contribution in [0.25, 0.3) is 10.9 Å². The second kappa shape index (κ2) is 4.80. The SMILES string of the molecule is CCC(OC)n1c(C)cc2cc(OC)ccc21. The van der Waals surface area contributed by atoms with Crippen molar-refractivity contribution in [3.63, 3.8) is 0 Å². The van der Waals surface area contributed by atoms with Gasteiger partial charge in [-0.15, -0.1) is 0 Å². The van der Waals surface area contributed by atoms with E-state index in [2.05, 4.69) is 36.6 Å². The molecule has 1 atom stereocenters. The van der Waals surface area contributed by atoms with Gasteiger partial charge in [0.05, 0.1) is 12.6 Å². The average Bonchev–Trinajstić information content (AvgIpc) is 2.67. The Labute approximate surface area is 102 Å². The minimum Gasteiger partial charge on any atom is -0.497 e. The van der Waals surface area contributed by atoms with Crippen molar-refractivity contribution in [3.8, 4) is 5.75 Å². The molecular formula is C14H19NO2. The molecule has 0 bridgehead atoms. The van der Waals surface area contributed by atoms with Gasteiger partial charge < -0.3 is 14.0 Å². The average molecular weight is 233 g/mol. The van der Waals surface area contributed by atoms with E-state index in [-0.39, 0.29) is 6.23 Å². The van der Waals surface area contributed by atoms with Gasteiger partial charge >= 0.3 is 0 Å². The second-order valence-electron chi connectivity index (χ2n) is 4.18. The Morgan fingerprint density at radius 3 is 2.59 bits per heavy atom. The van der Waals surface area contributed by atoms with Crippen LogP contribution in [0.4, 0.5) is 0 Å². The van der Waals surface area contributed by atoms with Gasteiger partial charge in [0.25, 0.3) is 0 Å². The lowest BCUT2D eigenvalue weighted by Gasteiger charge is -2.18. The van der Waals surface area contributed by atoms with E-state index in [0.29, 0.717) is 0 Å². The highest BCUT2D eigenvalue weighted by atomic mass is 16.5. The number of benzene rings is 1. The van der Waals surface area contributed by atoms with E-state index in [1.54, 1.807) is 14.2 Å². The summed E-state index contributed by atoms with van der Waals surface area (Å²) in [5.74, 6) is 0.889. The van der Waals surface area contributed by atoms with Crippen LogP contribution in [0.2, 0.25) is 0 Å². The number of rotatable bonds is 4. The molecule has 2 aromatic rings. The number of ether oxygens (including phenoxy) is 2. The number of nitrogens with zero attached hydrogens (tertiary/aromatic N) is 1. The number of methoxy groups -OCH3 is 2. The van der Waals surface area contributed by atoms with E-state index in [0.717, 1.165) is 12.2 Å². The Morgan fingerprint density at radius 2 is 2.00 bits per heavy atom. The predicted molar refractivity (Wildman–Crippen MR) is 69.6 cm³/mol. The fourth-order valence-corrected chi connectivity index (χ4v) is 2.32. The molecule has 0 saturated carbocycles. The van der Waals surface area contributed by atoms with Crippen LogP contribution in [-0.4, -0.2) is 18.8 Å². The first-order valence-electron chi connectivity index (χ1n) is 5.89. The van der Waals surface area contributed by atoms with E-state index in [4.69, 9.17) is 9.47 Å². The zero-order valence-corrected chi connectivity index (χ0v) is 10.9. The highest BCUT2D eigenvalue weighted by molar-refractivity contribution is 5.83. The standard InChI is InChI=1S/C14H19NO2/c1-5-14(17-4)15-10(2)8-11-9-12(16-3)6-7-13(11)15/h6-9,14H,5H2,1-4H3. The van der Waals surface area contributed by atoms with Gasteiger partial charge in [0, 0.05) is 18.2 Å². The molecule has 3 nitrogen and oxygen atoms in total. The molecule has 0 spiro atoms. The van der Waals surface area contributed by atoms with Gasteiger partial charge in [-0.1, -0.05) is 6.92 Å². The molecule has 1 heterocycles. The first-order valence-corrected chi connectivity index (χ1v) is 5.89. The van der Waals surface area contributed by atoms with E-state index in [9.17, 15) is 0 Å². The van der Waals surface area contributed by atoms with Crippen molar-refractivity contribution >= 4 is 10.9 Å². The van der Waals surface area contributed by atoms with Crippen molar-refractivity contribution in [2.75, 3.05) is 14.2 Å². The summed E-state index contributed by atoms with van der Waals surface area (Å²) < 4.78 is 13.0. The number of fused-ring (bicyclic) bond motifs is 1. The maximum absolute atomic E-state index is 5.52. The molecular weight excluding hydrogens is 214 g/mol. The molecule has 0 aliphatic rings. The lowest BCUT2D eigenvalue weighted by molar-refractivity contribution is 0.0433. The Bertz CT molecular complexity index is 512. The highest BCUT2D eigenvalue weighted by Gasteiger charge is 2.13. The first kappa shape index (κ1) is 12.0. The molecule has 3 heteroatoms. The zero-order valence-electron chi connectivity index (χ0n) is 10.9. The molecule has 1 unspecified atom stereocenters. The van der Waals surface area contributed by atoms with Crippen molar-refractivity contribution < 1.29 is 9.47 Å². The number of hydrogen-bond donors (Lipinski definition) is 0. The van der Waals surface area contributed by atoms with E-state index in [1.807, 2.05) is 6.07 Å². The lowest BCUT2D eigenvalue weighted by atomic mass is 10.2. The minimum absolute atomic E-state index is 0.0981. The molecule has 0 radical (unpaired) electrons. The van der Waals surface area contributed by atoms with Gasteiger partial charge in [0.15, 0.2) is 0 Å². The molecule has 1 aromatic heterocycles. The quantitative estimate of drug-likeness (QED) is 0.806. The van der Waals surface area contributed by atoms with Crippen LogP contribution < -0.4 is 4.74 Å². The summed E-state index contributed by atoms with van der Waals surface area (Å²) in [4.78, 5) is 0. The predicted octanol–water partition coefficient (Wildman–Crippen LogP) is 3.51. The van der Waals surface area contributed by atoms with Gasteiger partial charge in [0.2, 0.25) is 0 Å². The minimum atomic E-state index is 0.0981. The maximum Gasteiger partial charge on any atom is 0.133 e. The van der Waals surface area contributed by atoms with Crippen LogP contribution in [0.5, 0.6) is 5.75 Å². The van der Waals surface area contributed by atoms with Crippen molar-refractivity contribution in [2.24, 2.45) is 0 Å². The summed E-state index contributed by atoms with van der Waals surface area (Å²) in [5, 5.41) is 1.19. The zero-order chi connectivity index (χ0) is 12.4. The third kappa shape index (κ3) is 2.03. The fourth-order valence-electron chi connectivity index (χ4n) is 2.32. The van der Waals surface area contributed by atoms with Crippen LogP contribution in [0.3, 0.4) is 0 Å². The molecule has 0 N–H and O–H groups in total. The van der Waals surface area contributed by atoms with Crippen molar-refractivity contribution in [2.45, 2.75) is 26.5 Å². The fraction of sp³-hybridized carbons (Fsp3) is 0.429. The molecule has 0 aliphatic carbocycles. The van der Waals surface area contributed by atoms with Crippen LogP contribution in [-0.2, 0) is 4.74 Å². The molecule has 92 valence electrons. The van der Waals surface area contributed by atoms with Crippen LogP contribution in [0.1, 0.15) is 25.3 Å². The maximum atomic E-state index is 5.52. The molecule has 0 aliphatic heterocycles. The number of aryl methyl sites for hydroxylation is 1. The van der Waals surface area contributed by atoms with Gasteiger partial charge in [0.1, 0.15) is 12.0 Å². The van der Waals surface area contributed by atoms with E-state index >= 15 is 0 Å². The normalized spacial score (nSPS) is 12.9. The smallest absolute Gasteiger partial charge is 0.133 e. The molecule has 1 aromatic carbocycles. The largest absolute Gasteiger partial charge is 0.497 e. The third-order valence-electron chi connectivity index (χ3n) is 3.15. The summed E-state index contributed by atoms with van der Waals surface area (Å²) in [6, 6.07) is 8.30. The van der Waals surface area contributed by atoms with Gasteiger partial charge in [-0.2, -0.15) is 0 Å². The monoisotopic (exact) mass is 233 g/mol. The van der Waals surface area contributed by atoms with Crippen LogP contribution >= 0.6 is 0 Å². The molecule has 2 rings (SSSR count). The van der Waals surface area contributed by atoms with Gasteiger partial charge in [-0.25, -0.2) is 0 Å². The van der Waals surface area contributed by atoms with Crippen LogP contribution in [0.15, 0.2) is 24.3 Å². The molecule has 0 amide bonds. The number of hydrogen-bond acceptors (Lipinski definition) is 2. The van der Waals surface area contributed by atoms with E-state index < -0.39 is 0 Å². The molecule has 0 fully saturated rings. The Hall–Kier alpha value is -1.48. The van der Waals surface area contributed by atoms with Crippen molar-refractivity contribution in [1.29, 1.82) is 0 Å². The Morgan fingerprint density at radius 1 is 1.24 bits per heavy atom. The van der Waals surface area contributed by atoms with Crippen LogP contribution in [0, 0.1) is 6.92 Å². The van der Waals surface area contributed by atoms with Gasteiger partial charge in [-0.3, -0.25) is 0 Å². The Balaban J connectivity index is 2.59. The molecule has 17 heavy (non-hydrogen) atoms. The lowest BCUT2D eigenvalue weighted by Crippen LogP contribution is -2.11. The summed E-state index contributed by atoms with van der Waals surface area (Å²) in [5.41, 5.74) is 2.40. The first-order chi connectivity index (χ1) is 8.21. The van der Waals surface area contributed by atoms with Crippen molar-refractivity contribution in [1.82, 2.24) is 4.57 Å². The highest BCUT2D eigenvalue weighted by Crippen LogP contribution is 2.28. The number of aromatic nitrogens is 1. The summed E-state index contributed by atoms with van der Waals surface area (Å²) >= 11 is 0. The van der Waals surface area contributed by atoms with E-state index in [1.165, 1.54) is 16.6 Å². The van der Waals surface area contributed by atoms with Crippen molar-refractivity contribution in [3.05, 3.63) is 30.0 Å². The topological polar surface area (TPSA) is 23.4 Å². The third-order valence-corrected chi connectivity index (χ3v) is 3.15. The second-order valence-corrected chi connectivity index (χ2v) is 4.18. The summed E-state index contributed by atoms with van der Waals surface area (Å²) in [6.45, 7) is 4.23. The summed E-state index contributed by atoms with van der Waals surface area (Å²) in [7, 11) is 3.44.